The highest BCUT2D eigenvalue weighted by Crippen LogP contribution is 2.07. The minimum absolute atomic E-state index is 0.0635. The molecule has 0 fully saturated rings. The monoisotopic (exact) mass is 229 g/mol. The van der Waals surface area contributed by atoms with Crippen LogP contribution in [0.15, 0.2) is 27.6 Å². The van der Waals surface area contributed by atoms with E-state index in [4.69, 9.17) is 5.11 Å². The van der Waals surface area contributed by atoms with Gasteiger partial charge in [0.1, 0.15) is 0 Å². The Balaban J connectivity index is 3.06. The standard InChI is InChI=1S/C8H8BrNO2/c9-7-4-6(2-1-3-11)8(12)10-5-7/h1-2,4-5,11H,3H2,(H,10,12). The van der Waals surface area contributed by atoms with Crippen molar-refractivity contribution in [1.29, 1.82) is 0 Å². The van der Waals surface area contributed by atoms with E-state index in [1.54, 1.807) is 18.3 Å². The van der Waals surface area contributed by atoms with E-state index in [-0.39, 0.29) is 12.2 Å². The van der Waals surface area contributed by atoms with Crippen molar-refractivity contribution in [3.63, 3.8) is 0 Å². The van der Waals surface area contributed by atoms with Crippen LogP contribution in [0.3, 0.4) is 0 Å². The Morgan fingerprint density at radius 1 is 1.67 bits per heavy atom. The number of aliphatic hydroxyl groups excluding tert-OH is 1. The first kappa shape index (κ1) is 9.22. The lowest BCUT2D eigenvalue weighted by Gasteiger charge is -1.92. The first-order chi connectivity index (χ1) is 5.74. The fourth-order valence-electron chi connectivity index (χ4n) is 0.777. The van der Waals surface area contributed by atoms with Gasteiger partial charge in [-0.3, -0.25) is 4.79 Å². The molecule has 2 N–H and O–H groups in total. The van der Waals surface area contributed by atoms with Gasteiger partial charge in [0.25, 0.3) is 5.56 Å². The summed E-state index contributed by atoms with van der Waals surface area (Å²) < 4.78 is 0.805. The highest BCUT2D eigenvalue weighted by molar-refractivity contribution is 9.10. The van der Waals surface area contributed by atoms with Crippen molar-refractivity contribution < 1.29 is 5.11 Å². The first-order valence-electron chi connectivity index (χ1n) is 3.39. The summed E-state index contributed by atoms with van der Waals surface area (Å²) in [6, 6.07) is 1.69. The van der Waals surface area contributed by atoms with Crippen LogP contribution in [-0.2, 0) is 0 Å². The van der Waals surface area contributed by atoms with Crippen LogP contribution in [-0.4, -0.2) is 16.7 Å². The molecule has 64 valence electrons. The van der Waals surface area contributed by atoms with E-state index in [1.807, 2.05) is 0 Å². The van der Waals surface area contributed by atoms with E-state index in [1.165, 1.54) is 6.08 Å². The Bertz CT molecular complexity index is 343. The second kappa shape index (κ2) is 4.23. The van der Waals surface area contributed by atoms with Gasteiger partial charge >= 0.3 is 0 Å². The third kappa shape index (κ3) is 2.32. The number of nitrogens with one attached hydrogen (secondary N) is 1. The Kier molecular flexibility index (Phi) is 3.25. The molecule has 4 heteroatoms. The van der Waals surface area contributed by atoms with E-state index < -0.39 is 0 Å². The lowest BCUT2D eigenvalue weighted by atomic mass is 10.2. The van der Waals surface area contributed by atoms with Crippen LogP contribution in [0.4, 0.5) is 0 Å². The molecular weight excluding hydrogens is 222 g/mol. The van der Waals surface area contributed by atoms with Crippen LogP contribution in [0.2, 0.25) is 0 Å². The number of pyridine rings is 1. The lowest BCUT2D eigenvalue weighted by molar-refractivity contribution is 0.343. The third-order valence-electron chi connectivity index (χ3n) is 1.30. The Hall–Kier alpha value is -0.870. The topological polar surface area (TPSA) is 53.1 Å². The predicted molar refractivity (Wildman–Crippen MR) is 50.9 cm³/mol. The van der Waals surface area contributed by atoms with Crippen molar-refractivity contribution in [2.75, 3.05) is 6.61 Å². The zero-order valence-corrected chi connectivity index (χ0v) is 7.84. The molecule has 0 aliphatic carbocycles. The molecule has 1 rings (SSSR count). The zero-order chi connectivity index (χ0) is 8.97. The zero-order valence-electron chi connectivity index (χ0n) is 6.25. The Labute approximate surface area is 77.9 Å². The van der Waals surface area contributed by atoms with Crippen molar-refractivity contribution in [2.24, 2.45) is 0 Å². The molecule has 0 aliphatic heterocycles. The quantitative estimate of drug-likeness (QED) is 0.800. The summed E-state index contributed by atoms with van der Waals surface area (Å²) in [7, 11) is 0. The van der Waals surface area contributed by atoms with E-state index in [9.17, 15) is 4.79 Å². The molecule has 0 saturated heterocycles. The number of hydrogen-bond donors (Lipinski definition) is 2. The SMILES string of the molecule is O=c1[nH]cc(Br)cc1C=CCO. The molecule has 1 aromatic rings. The minimum Gasteiger partial charge on any atom is -0.392 e. The van der Waals surface area contributed by atoms with Gasteiger partial charge < -0.3 is 10.1 Å². The molecule has 0 spiro atoms. The molecule has 0 saturated carbocycles. The van der Waals surface area contributed by atoms with Gasteiger partial charge in [-0.05, 0) is 22.0 Å². The van der Waals surface area contributed by atoms with Gasteiger partial charge in [0.05, 0.1) is 6.61 Å². The van der Waals surface area contributed by atoms with Crippen molar-refractivity contribution in [2.45, 2.75) is 0 Å². The molecule has 1 aromatic heterocycles. The van der Waals surface area contributed by atoms with Gasteiger partial charge in [-0.25, -0.2) is 0 Å². The molecule has 0 unspecified atom stereocenters. The third-order valence-corrected chi connectivity index (χ3v) is 1.76. The second-order valence-corrected chi connectivity index (χ2v) is 3.10. The second-order valence-electron chi connectivity index (χ2n) is 2.19. The summed E-state index contributed by atoms with van der Waals surface area (Å²) in [5.41, 5.74) is 0.362. The normalized spacial score (nSPS) is 10.8. The summed E-state index contributed by atoms with van der Waals surface area (Å²) in [5.74, 6) is 0. The summed E-state index contributed by atoms with van der Waals surface area (Å²) in [5, 5.41) is 8.48. The average molecular weight is 230 g/mol. The molecule has 0 aromatic carbocycles. The van der Waals surface area contributed by atoms with E-state index in [0.717, 1.165) is 4.47 Å². The number of aromatic nitrogens is 1. The van der Waals surface area contributed by atoms with Crippen LogP contribution in [0, 0.1) is 0 Å². The van der Waals surface area contributed by atoms with Crippen LogP contribution in [0.1, 0.15) is 5.56 Å². The lowest BCUT2D eigenvalue weighted by Crippen LogP contribution is -2.07. The number of hydrogen-bond acceptors (Lipinski definition) is 2. The van der Waals surface area contributed by atoms with Gasteiger partial charge in [0.15, 0.2) is 0 Å². The van der Waals surface area contributed by atoms with Crippen molar-refractivity contribution in [1.82, 2.24) is 4.98 Å². The number of H-pyrrole nitrogens is 1. The maximum Gasteiger partial charge on any atom is 0.255 e. The molecule has 3 nitrogen and oxygen atoms in total. The van der Waals surface area contributed by atoms with Crippen LogP contribution in [0.5, 0.6) is 0 Å². The fourth-order valence-corrected chi connectivity index (χ4v) is 1.14. The average Bonchev–Trinajstić information content (AvgIpc) is 2.07. The molecule has 0 aliphatic rings. The Morgan fingerprint density at radius 2 is 2.42 bits per heavy atom. The van der Waals surface area contributed by atoms with Crippen molar-refractivity contribution in [3.05, 3.63) is 38.7 Å². The summed E-state index contributed by atoms with van der Waals surface area (Å²) in [6.45, 7) is -0.0635. The number of halogens is 1. The molecule has 0 radical (unpaired) electrons. The van der Waals surface area contributed by atoms with Gasteiger partial charge in [0.2, 0.25) is 0 Å². The van der Waals surface area contributed by atoms with E-state index in [2.05, 4.69) is 20.9 Å². The van der Waals surface area contributed by atoms with Gasteiger partial charge in [-0.2, -0.15) is 0 Å². The smallest absolute Gasteiger partial charge is 0.255 e. The molecule has 12 heavy (non-hydrogen) atoms. The Morgan fingerprint density at radius 3 is 3.08 bits per heavy atom. The molecule has 0 amide bonds. The maximum atomic E-state index is 11.1. The molecule has 1 heterocycles. The molecule has 0 atom stereocenters. The van der Waals surface area contributed by atoms with E-state index in [0.29, 0.717) is 5.56 Å². The van der Waals surface area contributed by atoms with E-state index >= 15 is 0 Å². The van der Waals surface area contributed by atoms with Gasteiger partial charge in [-0.1, -0.05) is 12.2 Å². The highest BCUT2D eigenvalue weighted by atomic mass is 79.9. The van der Waals surface area contributed by atoms with Crippen molar-refractivity contribution in [3.8, 4) is 0 Å². The highest BCUT2D eigenvalue weighted by Gasteiger charge is 1.94. The number of aliphatic hydroxyl groups is 1. The van der Waals surface area contributed by atoms with Gasteiger partial charge in [0, 0.05) is 16.2 Å². The van der Waals surface area contributed by atoms with Gasteiger partial charge in [-0.15, -0.1) is 0 Å². The van der Waals surface area contributed by atoms with Crippen LogP contribution >= 0.6 is 15.9 Å². The number of aromatic amines is 1. The summed E-state index contributed by atoms with van der Waals surface area (Å²) in [6.07, 6.45) is 4.65. The molecule has 0 bridgehead atoms. The number of rotatable bonds is 2. The largest absolute Gasteiger partial charge is 0.392 e. The minimum atomic E-state index is -0.164. The predicted octanol–water partition coefficient (Wildman–Crippen LogP) is 1.14. The fraction of sp³-hybridized carbons (Fsp3) is 0.125. The van der Waals surface area contributed by atoms with Crippen LogP contribution in [0.25, 0.3) is 6.08 Å². The molecular formula is C8H8BrNO2. The first-order valence-corrected chi connectivity index (χ1v) is 4.19. The van der Waals surface area contributed by atoms with Crippen molar-refractivity contribution >= 4 is 22.0 Å². The summed E-state index contributed by atoms with van der Waals surface area (Å²) in [4.78, 5) is 13.6. The van der Waals surface area contributed by atoms with Crippen LogP contribution < -0.4 is 5.56 Å². The summed E-state index contributed by atoms with van der Waals surface area (Å²) >= 11 is 3.22. The maximum absolute atomic E-state index is 11.1.